The van der Waals surface area contributed by atoms with Crippen LogP contribution in [0.1, 0.15) is 18.1 Å². The zero-order chi connectivity index (χ0) is 17.5. The molecule has 1 amide bonds. The zero-order valence-corrected chi connectivity index (χ0v) is 12.8. The van der Waals surface area contributed by atoms with E-state index in [1.54, 1.807) is 0 Å². The summed E-state index contributed by atoms with van der Waals surface area (Å²) in [6, 6.07) is 2.78. The molecule has 0 spiro atoms. The Balaban J connectivity index is 2.54. The predicted molar refractivity (Wildman–Crippen MR) is 75.2 cm³/mol. The maximum atomic E-state index is 12.9. The number of benzene rings is 1. The van der Waals surface area contributed by atoms with E-state index in [0.29, 0.717) is 0 Å². The molecule has 1 fully saturated rings. The normalized spacial score (nSPS) is 22.7. The average Bonchev–Trinajstić information content (AvgIpc) is 2.74. The van der Waals surface area contributed by atoms with Crippen molar-refractivity contribution in [3.8, 4) is 6.07 Å². The molecule has 2 rings (SSSR count). The number of amides is 1. The number of halogens is 4. The van der Waals surface area contributed by atoms with Gasteiger partial charge < -0.3 is 9.84 Å². The first kappa shape index (κ1) is 17.4. The molecule has 1 aliphatic rings. The zero-order valence-electron chi connectivity index (χ0n) is 12.1. The molecule has 124 valence electrons. The number of carbonyl (C=O) groups is 1. The molecule has 9 heteroatoms. The second kappa shape index (κ2) is 5.91. The second-order valence-electron chi connectivity index (χ2n) is 5.12. The molecule has 1 aromatic carbocycles. The van der Waals surface area contributed by atoms with E-state index in [-0.39, 0.29) is 21.8 Å². The van der Waals surface area contributed by atoms with Crippen molar-refractivity contribution >= 4 is 23.4 Å². The molecule has 1 heterocycles. The van der Waals surface area contributed by atoms with Crippen molar-refractivity contribution in [1.82, 2.24) is 0 Å². The summed E-state index contributed by atoms with van der Waals surface area (Å²) in [4.78, 5) is 12.7. The fraction of sp³-hybridized carbons (Fsp3) is 0.429. The van der Waals surface area contributed by atoms with Gasteiger partial charge in [-0.3, -0.25) is 4.90 Å². The molecular weight excluding hydrogens is 337 g/mol. The molecule has 1 aromatic rings. The van der Waals surface area contributed by atoms with Gasteiger partial charge in [-0.05, 0) is 31.5 Å². The van der Waals surface area contributed by atoms with Crippen LogP contribution in [0.15, 0.2) is 12.1 Å². The van der Waals surface area contributed by atoms with Crippen molar-refractivity contribution in [3.05, 3.63) is 28.3 Å². The maximum Gasteiger partial charge on any atom is 0.416 e. The van der Waals surface area contributed by atoms with Crippen LogP contribution in [-0.2, 0) is 4.74 Å². The Kier molecular flexibility index (Phi) is 4.46. The third kappa shape index (κ3) is 2.94. The molecule has 0 aromatic heterocycles. The molecule has 1 N–H and O–H groups in total. The Labute approximate surface area is 134 Å². The highest BCUT2D eigenvalue weighted by Crippen LogP contribution is 2.38. The van der Waals surface area contributed by atoms with Crippen molar-refractivity contribution in [1.29, 1.82) is 5.26 Å². The Morgan fingerprint density at radius 1 is 1.48 bits per heavy atom. The van der Waals surface area contributed by atoms with Crippen LogP contribution in [0.2, 0.25) is 5.02 Å². The monoisotopic (exact) mass is 348 g/mol. The Hall–Kier alpha value is -1.98. The first-order valence-electron chi connectivity index (χ1n) is 6.53. The summed E-state index contributed by atoms with van der Waals surface area (Å²) in [6.07, 6.45) is -9.89. The molecule has 0 aliphatic carbocycles. The summed E-state index contributed by atoms with van der Waals surface area (Å²) in [7, 11) is 0. The number of aliphatic hydroxyl groups is 1. The average molecular weight is 349 g/mol. The van der Waals surface area contributed by atoms with Crippen LogP contribution < -0.4 is 4.90 Å². The quantitative estimate of drug-likeness (QED) is 0.891. The van der Waals surface area contributed by atoms with Gasteiger partial charge in [0, 0.05) is 0 Å². The van der Waals surface area contributed by atoms with Gasteiger partial charge in [0.15, 0.2) is 6.10 Å². The van der Waals surface area contributed by atoms with Crippen LogP contribution in [0.5, 0.6) is 0 Å². The number of ether oxygens (including phenoxy) is 1. The van der Waals surface area contributed by atoms with Crippen molar-refractivity contribution in [3.63, 3.8) is 0 Å². The number of rotatable bonds is 2. The molecule has 1 aliphatic heterocycles. The third-order valence-electron chi connectivity index (χ3n) is 3.66. The molecule has 0 unspecified atom stereocenters. The van der Waals surface area contributed by atoms with Crippen LogP contribution >= 0.6 is 11.6 Å². The first-order valence-corrected chi connectivity index (χ1v) is 6.91. The number of carbonyl (C=O) groups excluding carboxylic acids is 1. The standard InChI is InChI=1S/C14H12ClF3N2O3/c1-6-9(4-3-8(5-19)10(6)15)20-11(7(2)23-13(20)22)12(21)14(16,17)18/h3-4,7,11-12,21H,1-2H3/t7-,11+,12+/m0/s1. The highest BCUT2D eigenvalue weighted by Gasteiger charge is 2.54. The van der Waals surface area contributed by atoms with Gasteiger partial charge in [-0.1, -0.05) is 11.6 Å². The molecule has 23 heavy (non-hydrogen) atoms. The number of hydrogen-bond donors (Lipinski definition) is 1. The number of aliphatic hydroxyl groups excluding tert-OH is 1. The van der Waals surface area contributed by atoms with Gasteiger partial charge in [-0.2, -0.15) is 18.4 Å². The van der Waals surface area contributed by atoms with E-state index in [4.69, 9.17) is 21.6 Å². The summed E-state index contributed by atoms with van der Waals surface area (Å²) in [5.41, 5.74) is 0.425. The Bertz CT molecular complexity index is 687. The van der Waals surface area contributed by atoms with Gasteiger partial charge in [0.2, 0.25) is 0 Å². The molecule has 0 bridgehead atoms. The lowest BCUT2D eigenvalue weighted by Crippen LogP contribution is -2.51. The fourth-order valence-electron chi connectivity index (χ4n) is 2.49. The first-order chi connectivity index (χ1) is 10.6. The lowest BCUT2D eigenvalue weighted by Gasteiger charge is -2.30. The van der Waals surface area contributed by atoms with Crippen molar-refractivity contribution in [2.45, 2.75) is 38.3 Å². The van der Waals surface area contributed by atoms with Crippen LogP contribution in [0.3, 0.4) is 0 Å². The van der Waals surface area contributed by atoms with Gasteiger partial charge in [0.05, 0.1) is 16.3 Å². The van der Waals surface area contributed by atoms with Gasteiger partial charge in [0.1, 0.15) is 18.2 Å². The summed E-state index contributed by atoms with van der Waals surface area (Å²) < 4.78 is 43.5. The van der Waals surface area contributed by atoms with E-state index in [0.717, 1.165) is 4.90 Å². The summed E-state index contributed by atoms with van der Waals surface area (Å²) in [5.74, 6) is 0. The SMILES string of the molecule is Cc1c(N2C(=O)O[C@@H](C)[C@@H]2[C@@H](O)C(F)(F)F)ccc(C#N)c1Cl. The van der Waals surface area contributed by atoms with Gasteiger partial charge in [-0.15, -0.1) is 0 Å². The molecule has 0 radical (unpaired) electrons. The van der Waals surface area contributed by atoms with Crippen LogP contribution in [0.25, 0.3) is 0 Å². The van der Waals surface area contributed by atoms with E-state index in [1.807, 2.05) is 6.07 Å². The number of cyclic esters (lactones) is 1. The van der Waals surface area contributed by atoms with Crippen LogP contribution in [0.4, 0.5) is 23.7 Å². The largest absolute Gasteiger partial charge is 0.444 e. The lowest BCUT2D eigenvalue weighted by atomic mass is 10.0. The van der Waals surface area contributed by atoms with Crippen LogP contribution in [-0.4, -0.2) is 35.6 Å². The predicted octanol–water partition coefficient (Wildman–Crippen LogP) is 3.16. The van der Waals surface area contributed by atoms with Crippen LogP contribution in [0, 0.1) is 18.3 Å². The summed E-state index contributed by atoms with van der Waals surface area (Å²) in [5, 5.41) is 18.5. The molecular formula is C14H12ClF3N2O3. The van der Waals surface area contributed by atoms with E-state index in [2.05, 4.69) is 0 Å². The topological polar surface area (TPSA) is 73.6 Å². The van der Waals surface area contributed by atoms with Crippen molar-refractivity contribution in [2.24, 2.45) is 0 Å². The lowest BCUT2D eigenvalue weighted by molar-refractivity contribution is -0.212. The van der Waals surface area contributed by atoms with Crippen molar-refractivity contribution in [2.75, 3.05) is 4.90 Å². The highest BCUT2D eigenvalue weighted by atomic mass is 35.5. The minimum Gasteiger partial charge on any atom is -0.444 e. The smallest absolute Gasteiger partial charge is 0.416 e. The Morgan fingerprint density at radius 2 is 2.09 bits per heavy atom. The number of alkyl halides is 3. The minimum absolute atomic E-state index is 0.0256. The number of nitriles is 1. The summed E-state index contributed by atoms with van der Waals surface area (Å²) >= 11 is 5.99. The highest BCUT2D eigenvalue weighted by molar-refractivity contribution is 6.33. The number of hydrogen-bond acceptors (Lipinski definition) is 4. The summed E-state index contributed by atoms with van der Waals surface area (Å²) in [6.45, 7) is 2.73. The van der Waals surface area contributed by atoms with E-state index in [1.165, 1.54) is 26.0 Å². The number of anilines is 1. The van der Waals surface area contributed by atoms with Gasteiger partial charge in [0.25, 0.3) is 0 Å². The number of nitrogens with zero attached hydrogens (tertiary/aromatic N) is 2. The molecule has 5 nitrogen and oxygen atoms in total. The third-order valence-corrected chi connectivity index (χ3v) is 4.15. The van der Waals surface area contributed by atoms with E-state index in [9.17, 15) is 23.1 Å². The molecule has 0 saturated carbocycles. The van der Waals surface area contributed by atoms with E-state index >= 15 is 0 Å². The van der Waals surface area contributed by atoms with Gasteiger partial charge >= 0.3 is 12.3 Å². The second-order valence-corrected chi connectivity index (χ2v) is 5.50. The molecule has 1 saturated heterocycles. The van der Waals surface area contributed by atoms with Crippen molar-refractivity contribution < 1.29 is 27.8 Å². The fourth-order valence-corrected chi connectivity index (χ4v) is 2.69. The Morgan fingerprint density at radius 3 is 2.61 bits per heavy atom. The maximum absolute atomic E-state index is 12.9. The molecule has 3 atom stereocenters. The van der Waals surface area contributed by atoms with Gasteiger partial charge in [-0.25, -0.2) is 4.79 Å². The van der Waals surface area contributed by atoms with E-state index < -0.39 is 30.5 Å². The minimum atomic E-state index is -4.92.